The number of allylic oxidation sites excluding steroid dienone is 1. The van der Waals surface area contributed by atoms with E-state index in [9.17, 15) is 9.59 Å². The average molecular weight is 300 g/mol. The molecule has 0 N–H and O–H groups in total. The lowest BCUT2D eigenvalue weighted by Gasteiger charge is -2.29. The molecule has 22 heavy (non-hydrogen) atoms. The third kappa shape index (κ3) is 3.45. The Kier molecular flexibility index (Phi) is 5.15. The van der Waals surface area contributed by atoms with E-state index in [-0.39, 0.29) is 24.3 Å². The summed E-state index contributed by atoms with van der Waals surface area (Å²) in [6.45, 7) is 5.52. The predicted octanol–water partition coefficient (Wildman–Crippen LogP) is 3.04. The lowest BCUT2D eigenvalue weighted by atomic mass is 9.75. The maximum absolute atomic E-state index is 12.3. The van der Waals surface area contributed by atoms with Crippen LogP contribution in [-0.4, -0.2) is 25.5 Å². The summed E-state index contributed by atoms with van der Waals surface area (Å²) in [7, 11) is 1.60. The van der Waals surface area contributed by atoms with Gasteiger partial charge in [-0.2, -0.15) is 0 Å². The monoisotopic (exact) mass is 300 g/mol. The van der Waals surface area contributed by atoms with Gasteiger partial charge in [-0.15, -0.1) is 0 Å². The molecule has 0 aromatic heterocycles. The third-order valence-electron chi connectivity index (χ3n) is 3.84. The van der Waals surface area contributed by atoms with E-state index in [0.717, 1.165) is 16.9 Å². The average Bonchev–Trinajstić information content (AvgIpc) is 2.52. The molecule has 0 aliphatic heterocycles. The summed E-state index contributed by atoms with van der Waals surface area (Å²) < 4.78 is 10.3. The molecule has 0 bridgehead atoms. The highest BCUT2D eigenvalue weighted by molar-refractivity contribution is 5.95. The SMILES string of the molecule is C=CCOC(=O)C1C(C)=CC(=O)CC1c1ccc(OC)cc1. The van der Waals surface area contributed by atoms with E-state index in [4.69, 9.17) is 9.47 Å². The largest absolute Gasteiger partial charge is 0.497 e. The first-order chi connectivity index (χ1) is 10.6. The first-order valence-electron chi connectivity index (χ1n) is 7.19. The topological polar surface area (TPSA) is 52.6 Å². The maximum Gasteiger partial charge on any atom is 0.314 e. The zero-order chi connectivity index (χ0) is 16.1. The minimum atomic E-state index is -0.439. The summed E-state index contributed by atoms with van der Waals surface area (Å²) in [4.78, 5) is 24.2. The van der Waals surface area contributed by atoms with E-state index in [1.54, 1.807) is 20.1 Å². The van der Waals surface area contributed by atoms with Crippen LogP contribution in [0.4, 0.5) is 0 Å². The minimum Gasteiger partial charge on any atom is -0.497 e. The van der Waals surface area contributed by atoms with Crippen LogP contribution in [-0.2, 0) is 14.3 Å². The Labute approximate surface area is 130 Å². The van der Waals surface area contributed by atoms with Crippen molar-refractivity contribution in [2.75, 3.05) is 13.7 Å². The molecule has 0 radical (unpaired) electrons. The Morgan fingerprint density at radius 1 is 1.36 bits per heavy atom. The van der Waals surface area contributed by atoms with Crippen molar-refractivity contribution in [1.29, 1.82) is 0 Å². The number of ketones is 1. The summed E-state index contributed by atoms with van der Waals surface area (Å²) >= 11 is 0. The predicted molar refractivity (Wildman–Crippen MR) is 83.8 cm³/mol. The van der Waals surface area contributed by atoms with Crippen molar-refractivity contribution in [3.8, 4) is 5.75 Å². The van der Waals surface area contributed by atoms with Crippen LogP contribution in [0.1, 0.15) is 24.8 Å². The summed E-state index contributed by atoms with van der Waals surface area (Å²) in [6, 6.07) is 7.45. The number of carbonyl (C=O) groups excluding carboxylic acids is 2. The van der Waals surface area contributed by atoms with Gasteiger partial charge in [0.15, 0.2) is 5.78 Å². The van der Waals surface area contributed by atoms with Crippen molar-refractivity contribution in [3.05, 3.63) is 54.1 Å². The number of hydrogen-bond acceptors (Lipinski definition) is 4. The first kappa shape index (κ1) is 16.0. The van der Waals surface area contributed by atoms with Crippen molar-refractivity contribution >= 4 is 11.8 Å². The number of esters is 1. The van der Waals surface area contributed by atoms with Crippen LogP contribution in [0.25, 0.3) is 0 Å². The lowest BCUT2D eigenvalue weighted by molar-refractivity contribution is -0.147. The zero-order valence-electron chi connectivity index (χ0n) is 12.9. The van der Waals surface area contributed by atoms with Gasteiger partial charge in [-0.1, -0.05) is 30.4 Å². The molecule has 0 spiro atoms. The molecule has 1 aliphatic rings. The van der Waals surface area contributed by atoms with Crippen molar-refractivity contribution in [3.63, 3.8) is 0 Å². The van der Waals surface area contributed by atoms with Crippen LogP contribution >= 0.6 is 0 Å². The molecule has 4 nitrogen and oxygen atoms in total. The molecule has 0 heterocycles. The number of carbonyl (C=O) groups is 2. The van der Waals surface area contributed by atoms with E-state index in [1.165, 1.54) is 6.08 Å². The van der Waals surface area contributed by atoms with E-state index in [2.05, 4.69) is 6.58 Å². The lowest BCUT2D eigenvalue weighted by Crippen LogP contribution is -2.30. The first-order valence-corrected chi connectivity index (χ1v) is 7.19. The van der Waals surface area contributed by atoms with Gasteiger partial charge in [-0.05, 0) is 30.7 Å². The Bertz CT molecular complexity index is 598. The van der Waals surface area contributed by atoms with Crippen LogP contribution in [0.3, 0.4) is 0 Å². The van der Waals surface area contributed by atoms with Crippen LogP contribution < -0.4 is 4.74 Å². The smallest absolute Gasteiger partial charge is 0.314 e. The Balaban J connectivity index is 2.32. The van der Waals surface area contributed by atoms with Gasteiger partial charge >= 0.3 is 5.97 Å². The number of hydrogen-bond donors (Lipinski definition) is 0. The fraction of sp³-hybridized carbons (Fsp3) is 0.333. The fourth-order valence-electron chi connectivity index (χ4n) is 2.80. The molecule has 1 aromatic rings. The van der Waals surface area contributed by atoms with Crippen LogP contribution in [0.5, 0.6) is 5.75 Å². The summed E-state index contributed by atoms with van der Waals surface area (Å²) in [5, 5.41) is 0. The number of methoxy groups -OCH3 is 1. The highest BCUT2D eigenvalue weighted by Crippen LogP contribution is 2.38. The molecule has 116 valence electrons. The number of benzene rings is 1. The van der Waals surface area contributed by atoms with Crippen molar-refractivity contribution in [2.45, 2.75) is 19.3 Å². The van der Waals surface area contributed by atoms with Gasteiger partial charge in [0.1, 0.15) is 12.4 Å². The van der Waals surface area contributed by atoms with Crippen molar-refractivity contribution < 1.29 is 19.1 Å². The van der Waals surface area contributed by atoms with Gasteiger partial charge in [0, 0.05) is 12.3 Å². The summed E-state index contributed by atoms with van der Waals surface area (Å²) in [6.07, 6.45) is 3.38. The molecular weight excluding hydrogens is 280 g/mol. The van der Waals surface area contributed by atoms with E-state index < -0.39 is 5.92 Å². The van der Waals surface area contributed by atoms with Gasteiger partial charge in [-0.25, -0.2) is 0 Å². The van der Waals surface area contributed by atoms with Crippen LogP contribution in [0, 0.1) is 5.92 Å². The fourth-order valence-corrected chi connectivity index (χ4v) is 2.80. The molecule has 0 saturated carbocycles. The Hall–Kier alpha value is -2.36. The van der Waals surface area contributed by atoms with Gasteiger partial charge in [0.25, 0.3) is 0 Å². The molecule has 0 fully saturated rings. The minimum absolute atomic E-state index is 0.0334. The summed E-state index contributed by atoms with van der Waals surface area (Å²) in [5.74, 6) is -0.191. The standard InChI is InChI=1S/C18H20O4/c1-4-9-22-18(20)17-12(2)10-14(19)11-16(17)13-5-7-15(21-3)8-6-13/h4-8,10,16-17H,1,9,11H2,2-3H3. The molecule has 1 aliphatic carbocycles. The van der Waals surface area contributed by atoms with Crippen molar-refractivity contribution in [2.24, 2.45) is 5.92 Å². The second-order valence-corrected chi connectivity index (χ2v) is 5.33. The van der Waals surface area contributed by atoms with Crippen molar-refractivity contribution in [1.82, 2.24) is 0 Å². The van der Waals surface area contributed by atoms with E-state index in [0.29, 0.717) is 6.42 Å². The molecule has 2 rings (SSSR count). The molecule has 0 amide bonds. The molecule has 2 atom stereocenters. The van der Waals surface area contributed by atoms with E-state index >= 15 is 0 Å². The van der Waals surface area contributed by atoms with Gasteiger partial charge in [0.05, 0.1) is 13.0 Å². The normalized spacial score (nSPS) is 21.0. The molecular formula is C18H20O4. The van der Waals surface area contributed by atoms with Crippen LogP contribution in [0.2, 0.25) is 0 Å². The quantitative estimate of drug-likeness (QED) is 0.619. The Morgan fingerprint density at radius 3 is 2.64 bits per heavy atom. The van der Waals surface area contributed by atoms with Gasteiger partial charge < -0.3 is 9.47 Å². The highest BCUT2D eigenvalue weighted by Gasteiger charge is 2.36. The number of ether oxygens (including phenoxy) is 2. The summed E-state index contributed by atoms with van der Waals surface area (Å²) in [5.41, 5.74) is 1.67. The molecule has 0 saturated heterocycles. The van der Waals surface area contributed by atoms with Gasteiger partial charge in [0.2, 0.25) is 0 Å². The maximum atomic E-state index is 12.3. The molecule has 1 aromatic carbocycles. The van der Waals surface area contributed by atoms with Crippen LogP contribution in [0.15, 0.2) is 48.6 Å². The zero-order valence-corrected chi connectivity index (χ0v) is 12.9. The second-order valence-electron chi connectivity index (χ2n) is 5.33. The van der Waals surface area contributed by atoms with E-state index in [1.807, 2.05) is 24.3 Å². The number of rotatable bonds is 5. The second kappa shape index (κ2) is 7.07. The molecule has 2 unspecified atom stereocenters. The Morgan fingerprint density at radius 2 is 2.05 bits per heavy atom. The highest BCUT2D eigenvalue weighted by atomic mass is 16.5. The van der Waals surface area contributed by atoms with Gasteiger partial charge in [-0.3, -0.25) is 9.59 Å². The molecule has 4 heteroatoms. The third-order valence-corrected chi connectivity index (χ3v) is 3.84.